The van der Waals surface area contributed by atoms with E-state index in [1.165, 1.54) is 154 Å². The molecule has 71 heavy (non-hydrogen) atoms. The van der Waals surface area contributed by atoms with Crippen molar-refractivity contribution >= 4 is 13.7 Å². The minimum atomic E-state index is -4.37. The summed E-state index contributed by atoms with van der Waals surface area (Å²) in [5.74, 6) is -0.197. The quantitative estimate of drug-likeness (QED) is 0.0243. The van der Waals surface area contributed by atoms with Gasteiger partial charge in [0.2, 0.25) is 5.91 Å². The van der Waals surface area contributed by atoms with Gasteiger partial charge in [0.05, 0.1) is 39.9 Å². The van der Waals surface area contributed by atoms with Gasteiger partial charge in [0.1, 0.15) is 13.2 Å². The third-order valence-electron chi connectivity index (χ3n) is 12.8. The number of unbranched alkanes of at least 4 members (excludes halogenated alkanes) is 28. The number of carbonyl (C=O) groups excluding carboxylic acids is 1. The summed E-state index contributed by atoms with van der Waals surface area (Å²) < 4.78 is 23.7. The summed E-state index contributed by atoms with van der Waals surface area (Å²) >= 11 is 0. The third-order valence-corrected chi connectivity index (χ3v) is 13.8. The van der Waals surface area contributed by atoms with Crippen molar-refractivity contribution in [3.05, 3.63) is 85.1 Å². The largest absolute Gasteiger partial charge is 0.472 e. The lowest BCUT2D eigenvalue weighted by molar-refractivity contribution is -0.870. The Kier molecular flexibility index (Phi) is 50.8. The molecule has 0 aliphatic rings. The molecule has 0 rings (SSSR count). The molecule has 0 radical (unpaired) electrons. The summed E-state index contributed by atoms with van der Waals surface area (Å²) in [5.41, 5.74) is 0. The van der Waals surface area contributed by atoms with Gasteiger partial charge in [-0.15, -0.1) is 0 Å². The van der Waals surface area contributed by atoms with Crippen LogP contribution < -0.4 is 5.32 Å². The number of hydrogen-bond donors (Lipinski definition) is 3. The van der Waals surface area contributed by atoms with Gasteiger partial charge in [-0.3, -0.25) is 13.8 Å². The first-order chi connectivity index (χ1) is 34.5. The van der Waals surface area contributed by atoms with Crippen molar-refractivity contribution in [1.82, 2.24) is 5.32 Å². The normalized spacial score (nSPS) is 14.5. The van der Waals surface area contributed by atoms with E-state index in [4.69, 9.17) is 9.05 Å². The number of allylic oxidation sites excluding steroid dienone is 13. The molecule has 0 aromatic heterocycles. The van der Waals surface area contributed by atoms with E-state index in [0.29, 0.717) is 17.4 Å². The third kappa shape index (κ3) is 55.3. The molecule has 3 unspecified atom stereocenters. The van der Waals surface area contributed by atoms with Gasteiger partial charge >= 0.3 is 7.82 Å². The monoisotopic (exact) mass is 1010 g/mol. The maximum atomic E-state index is 13.0. The minimum Gasteiger partial charge on any atom is -0.387 e. The Labute approximate surface area is 439 Å². The molecule has 8 nitrogen and oxygen atoms in total. The summed E-state index contributed by atoms with van der Waals surface area (Å²) in [5, 5.41) is 13.9. The minimum absolute atomic E-state index is 0.0490. The zero-order chi connectivity index (χ0) is 52.0. The Bertz CT molecular complexity index is 1430. The van der Waals surface area contributed by atoms with Crippen molar-refractivity contribution < 1.29 is 32.9 Å². The average Bonchev–Trinajstić information content (AvgIpc) is 3.33. The number of hydrogen-bond acceptors (Lipinski definition) is 5. The predicted molar refractivity (Wildman–Crippen MR) is 309 cm³/mol. The van der Waals surface area contributed by atoms with Gasteiger partial charge in [0, 0.05) is 6.42 Å². The molecule has 3 atom stereocenters. The zero-order valence-corrected chi connectivity index (χ0v) is 47.8. The number of quaternary nitrogens is 1. The van der Waals surface area contributed by atoms with Gasteiger partial charge in [0.25, 0.3) is 0 Å². The maximum Gasteiger partial charge on any atom is 0.472 e. The highest BCUT2D eigenvalue weighted by Gasteiger charge is 2.27. The molecular formula is C62H114N2O6P+. The number of phosphoric ester groups is 1. The van der Waals surface area contributed by atoms with E-state index in [1.54, 1.807) is 6.08 Å². The highest BCUT2D eigenvalue weighted by Crippen LogP contribution is 2.43. The molecule has 0 fully saturated rings. The first-order valence-electron chi connectivity index (χ1n) is 29.5. The SMILES string of the molecule is CC/C=C\C/C=C\C/C=C\C/C=C\CCCCCCCCCCCCC(=O)NC(COP(=O)(O)OCC[N+](C)(C)C)C(O)/C=C/CC/C=C/CC/C=C/CCCCCCCCCCCCCCCCCC. The predicted octanol–water partition coefficient (Wildman–Crippen LogP) is 18.0. The molecule has 0 saturated carbocycles. The highest BCUT2D eigenvalue weighted by molar-refractivity contribution is 7.47. The van der Waals surface area contributed by atoms with Crippen LogP contribution in [0.15, 0.2) is 85.1 Å². The van der Waals surface area contributed by atoms with Crippen LogP contribution in [0.25, 0.3) is 0 Å². The average molecular weight is 1010 g/mol. The van der Waals surface area contributed by atoms with Crippen LogP contribution in [0.5, 0.6) is 0 Å². The Hall–Kier alpha value is -2.32. The first kappa shape index (κ1) is 68.7. The lowest BCUT2D eigenvalue weighted by Gasteiger charge is -2.25. The molecule has 0 aromatic rings. The number of nitrogens with one attached hydrogen (secondary N) is 1. The van der Waals surface area contributed by atoms with E-state index in [9.17, 15) is 19.4 Å². The van der Waals surface area contributed by atoms with E-state index in [-0.39, 0.29) is 19.1 Å². The van der Waals surface area contributed by atoms with Crippen LogP contribution in [-0.2, 0) is 18.4 Å². The Morgan fingerprint density at radius 3 is 1.30 bits per heavy atom. The number of rotatable bonds is 53. The maximum absolute atomic E-state index is 13.0. The molecule has 412 valence electrons. The number of likely N-dealkylation sites (N-methyl/N-ethyl adjacent to an activating group) is 1. The number of aliphatic hydroxyl groups excluding tert-OH is 1. The zero-order valence-electron chi connectivity index (χ0n) is 46.9. The Morgan fingerprint density at radius 1 is 0.493 bits per heavy atom. The second-order valence-corrected chi connectivity index (χ2v) is 22.4. The number of phosphoric acid groups is 1. The fraction of sp³-hybridized carbons (Fsp3) is 0.758. The summed E-state index contributed by atoms with van der Waals surface area (Å²) in [6.45, 7) is 4.68. The molecule has 0 aliphatic carbocycles. The molecule has 0 aromatic carbocycles. The number of amides is 1. The van der Waals surface area contributed by atoms with Crippen LogP contribution in [0.1, 0.15) is 251 Å². The second-order valence-electron chi connectivity index (χ2n) is 21.0. The van der Waals surface area contributed by atoms with Crippen LogP contribution in [0, 0.1) is 0 Å². The van der Waals surface area contributed by atoms with Crippen molar-refractivity contribution in [3.8, 4) is 0 Å². The lowest BCUT2D eigenvalue weighted by Crippen LogP contribution is -2.45. The van der Waals surface area contributed by atoms with Gasteiger partial charge in [0.15, 0.2) is 0 Å². The van der Waals surface area contributed by atoms with Gasteiger partial charge in [-0.2, -0.15) is 0 Å². The molecule has 0 heterocycles. The van der Waals surface area contributed by atoms with Gasteiger partial charge in [-0.25, -0.2) is 4.57 Å². The topological polar surface area (TPSA) is 105 Å². The molecular weight excluding hydrogens is 900 g/mol. The van der Waals surface area contributed by atoms with Gasteiger partial charge in [-0.05, 0) is 83.5 Å². The van der Waals surface area contributed by atoms with E-state index < -0.39 is 20.0 Å². The number of aliphatic hydroxyl groups is 1. The molecule has 0 aliphatic heterocycles. The van der Waals surface area contributed by atoms with Crippen LogP contribution in [0.2, 0.25) is 0 Å². The van der Waals surface area contributed by atoms with Crippen molar-refractivity contribution in [2.75, 3.05) is 40.9 Å². The summed E-state index contributed by atoms with van der Waals surface area (Å²) in [6, 6.07) is -0.878. The smallest absolute Gasteiger partial charge is 0.387 e. The standard InChI is InChI=1S/C62H113N2O6P/c1-6-8-10-12-14-16-18-20-22-24-26-28-30-31-32-34-35-37-39-41-43-45-47-49-51-53-55-61(65)60(59-70-71(67,68)69-58-57-64(3,4)5)63-62(66)56-54-52-50-48-46-44-42-40-38-36-33-29-27-25-23-21-19-17-15-13-11-9-7-2/h9,11,15,17,21,23,27,29,37,39,45,47,53,55,60-61,65H,6-8,10,12-14,16,18-20,22,24-26,28,30-36,38,40-44,46,48-52,54,56-59H2,1-5H3,(H-,63,66,67,68)/p+1/b11-9-,17-15-,23-21-,29-27-,39-37+,47-45+,55-53+. The van der Waals surface area contributed by atoms with Crippen LogP contribution in [0.4, 0.5) is 0 Å². The molecule has 3 N–H and O–H groups in total. The van der Waals surface area contributed by atoms with Crippen LogP contribution in [-0.4, -0.2) is 73.4 Å². The van der Waals surface area contributed by atoms with E-state index in [0.717, 1.165) is 77.0 Å². The Balaban J connectivity index is 4.29. The van der Waals surface area contributed by atoms with Crippen molar-refractivity contribution in [2.45, 2.75) is 264 Å². The molecule has 1 amide bonds. The molecule has 9 heteroatoms. The van der Waals surface area contributed by atoms with Crippen LogP contribution in [0.3, 0.4) is 0 Å². The lowest BCUT2D eigenvalue weighted by atomic mass is 10.0. The van der Waals surface area contributed by atoms with E-state index in [2.05, 4.69) is 92.1 Å². The molecule has 0 saturated heterocycles. The number of nitrogens with zero attached hydrogens (tertiary/aromatic N) is 1. The first-order valence-corrected chi connectivity index (χ1v) is 31.0. The molecule has 0 spiro atoms. The fourth-order valence-corrected chi connectivity index (χ4v) is 8.98. The second kappa shape index (κ2) is 52.5. The number of carbonyl (C=O) groups is 1. The Morgan fingerprint density at radius 2 is 0.859 bits per heavy atom. The van der Waals surface area contributed by atoms with Crippen molar-refractivity contribution in [1.29, 1.82) is 0 Å². The summed E-state index contributed by atoms with van der Waals surface area (Å²) in [4.78, 5) is 23.3. The van der Waals surface area contributed by atoms with Crippen LogP contribution >= 0.6 is 7.82 Å². The summed E-state index contributed by atoms with van der Waals surface area (Å²) in [7, 11) is 1.54. The van der Waals surface area contributed by atoms with Gasteiger partial charge in [-0.1, -0.05) is 247 Å². The van der Waals surface area contributed by atoms with E-state index in [1.807, 2.05) is 27.2 Å². The highest BCUT2D eigenvalue weighted by atomic mass is 31.2. The van der Waals surface area contributed by atoms with Crippen molar-refractivity contribution in [3.63, 3.8) is 0 Å². The molecule has 0 bridgehead atoms. The summed E-state index contributed by atoms with van der Waals surface area (Å²) in [6.07, 6.45) is 74.1. The van der Waals surface area contributed by atoms with E-state index >= 15 is 0 Å². The van der Waals surface area contributed by atoms with Crippen molar-refractivity contribution in [2.24, 2.45) is 0 Å². The fourth-order valence-electron chi connectivity index (χ4n) is 8.24. The van der Waals surface area contributed by atoms with Gasteiger partial charge < -0.3 is 19.8 Å².